The zero-order valence-electron chi connectivity index (χ0n) is 7.66. The van der Waals surface area contributed by atoms with E-state index in [1.165, 1.54) is 25.7 Å². The molecule has 0 aliphatic heterocycles. The van der Waals surface area contributed by atoms with Gasteiger partial charge in [-0.05, 0) is 17.4 Å². The summed E-state index contributed by atoms with van der Waals surface area (Å²) in [4.78, 5) is 8.46. The zero-order chi connectivity index (χ0) is 8.53. The van der Waals surface area contributed by atoms with Crippen molar-refractivity contribution in [3.05, 3.63) is 0 Å². The number of rotatable bonds is 7. The fourth-order valence-corrected chi connectivity index (χ4v) is 1.52. The second kappa shape index (κ2) is 11.6. The summed E-state index contributed by atoms with van der Waals surface area (Å²) in [5, 5.41) is 0. The summed E-state index contributed by atoms with van der Waals surface area (Å²) in [5.41, 5.74) is 0. The van der Waals surface area contributed by atoms with Gasteiger partial charge in [-0.3, -0.25) is 0 Å². The van der Waals surface area contributed by atoms with E-state index in [1.54, 1.807) is 0 Å². The van der Waals surface area contributed by atoms with E-state index < -0.39 is 8.03 Å². The third-order valence-corrected chi connectivity index (χ3v) is 2.40. The molecule has 4 heteroatoms. The number of hydrogen-bond acceptors (Lipinski definition) is 1. The van der Waals surface area contributed by atoms with Crippen LogP contribution in [-0.4, -0.2) is 11.1 Å². The van der Waals surface area contributed by atoms with Crippen LogP contribution in [0, 0.1) is 0 Å². The summed E-state index contributed by atoms with van der Waals surface area (Å²) in [6.45, 7) is 2.19. The van der Waals surface area contributed by atoms with Crippen molar-refractivity contribution in [3.8, 4) is 0 Å². The Kier molecular flexibility index (Phi) is 14.6. The molecule has 2 nitrogen and oxygen atoms in total. The van der Waals surface area contributed by atoms with Crippen molar-refractivity contribution in [2.24, 2.45) is 0 Å². The smallest absolute Gasteiger partial charge is 0.161 e. The predicted octanol–water partition coefficient (Wildman–Crippen LogP) is 3.08. The van der Waals surface area contributed by atoms with Gasteiger partial charge in [0.05, 0.1) is 0 Å². The second-order valence-corrected chi connectivity index (χ2v) is 4.00. The van der Waals surface area contributed by atoms with Crippen LogP contribution in [0.15, 0.2) is 0 Å². The number of hydrogen-bond donors (Lipinski definition) is 1. The Bertz CT molecular complexity index is 109. The van der Waals surface area contributed by atoms with Crippen molar-refractivity contribution in [2.45, 2.75) is 45.4 Å². The first-order chi connectivity index (χ1) is 5.27. The van der Waals surface area contributed by atoms with Crippen LogP contribution in [0.4, 0.5) is 0 Å². The SMILES string of the molecule is CCCCCCCC[P+](=O)O.[Cr]. The molecule has 0 aromatic rings. The first-order valence-electron chi connectivity index (χ1n) is 4.41. The van der Waals surface area contributed by atoms with Crippen molar-refractivity contribution >= 4 is 8.03 Å². The maximum absolute atomic E-state index is 10.2. The fraction of sp³-hybridized carbons (Fsp3) is 1.00. The van der Waals surface area contributed by atoms with Gasteiger partial charge in [0.2, 0.25) is 0 Å². The van der Waals surface area contributed by atoms with Crippen molar-refractivity contribution in [3.63, 3.8) is 0 Å². The molecule has 0 saturated carbocycles. The molecule has 0 amide bonds. The van der Waals surface area contributed by atoms with Gasteiger partial charge in [-0.25, -0.2) is 0 Å². The minimum Gasteiger partial charge on any atom is -0.161 e. The van der Waals surface area contributed by atoms with Gasteiger partial charge >= 0.3 is 8.03 Å². The normalized spacial score (nSPS) is 10.7. The van der Waals surface area contributed by atoms with Gasteiger partial charge in [0.25, 0.3) is 0 Å². The van der Waals surface area contributed by atoms with E-state index in [1.807, 2.05) is 0 Å². The average Bonchev–Trinajstić information content (AvgIpc) is 1.96. The third kappa shape index (κ3) is 13.2. The van der Waals surface area contributed by atoms with Crippen molar-refractivity contribution in [2.75, 3.05) is 6.16 Å². The van der Waals surface area contributed by atoms with E-state index in [9.17, 15) is 4.57 Å². The Morgan fingerprint density at radius 1 is 1.08 bits per heavy atom. The molecule has 0 aromatic carbocycles. The molecule has 12 heavy (non-hydrogen) atoms. The van der Waals surface area contributed by atoms with Crippen LogP contribution in [-0.2, 0) is 21.9 Å². The number of unbranched alkanes of at least 4 members (excludes halogenated alkanes) is 5. The van der Waals surface area contributed by atoms with Gasteiger partial charge in [-0.2, -0.15) is 4.89 Å². The average molecular weight is 229 g/mol. The van der Waals surface area contributed by atoms with E-state index in [-0.39, 0.29) is 17.4 Å². The van der Waals surface area contributed by atoms with Crippen LogP contribution in [0.25, 0.3) is 0 Å². The van der Waals surface area contributed by atoms with Crippen LogP contribution >= 0.6 is 8.03 Å². The van der Waals surface area contributed by atoms with Gasteiger partial charge in [-0.15, -0.1) is 0 Å². The predicted molar refractivity (Wildman–Crippen MR) is 48.1 cm³/mol. The molecule has 0 aliphatic carbocycles. The second-order valence-electron chi connectivity index (χ2n) is 2.84. The first kappa shape index (κ1) is 15.1. The maximum Gasteiger partial charge on any atom is 0.505 e. The maximum atomic E-state index is 10.2. The van der Waals surface area contributed by atoms with Gasteiger partial charge in [-0.1, -0.05) is 32.6 Å². The van der Waals surface area contributed by atoms with Gasteiger partial charge in [0.1, 0.15) is 0 Å². The fourth-order valence-electron chi connectivity index (χ4n) is 1.03. The Hall–Kier alpha value is 0.592. The molecule has 1 unspecified atom stereocenters. The van der Waals surface area contributed by atoms with E-state index in [0.717, 1.165) is 12.8 Å². The molecular formula is C8H18CrO2P+. The van der Waals surface area contributed by atoms with Crippen LogP contribution < -0.4 is 0 Å². The Balaban J connectivity index is 0. The molecule has 1 atom stereocenters. The summed E-state index contributed by atoms with van der Waals surface area (Å²) in [6, 6.07) is 0. The molecule has 0 heterocycles. The summed E-state index contributed by atoms with van der Waals surface area (Å²) in [6.07, 6.45) is 7.56. The molecule has 1 N–H and O–H groups in total. The van der Waals surface area contributed by atoms with E-state index in [4.69, 9.17) is 4.89 Å². The van der Waals surface area contributed by atoms with Gasteiger partial charge < -0.3 is 0 Å². The van der Waals surface area contributed by atoms with E-state index in [0.29, 0.717) is 6.16 Å². The molecule has 0 rings (SSSR count). The van der Waals surface area contributed by atoms with Gasteiger partial charge in [0.15, 0.2) is 6.16 Å². The molecule has 0 fully saturated rings. The standard InChI is InChI=1S/C8H17O2P.Cr/c1-2-3-4-5-6-7-8-11(9)10;/h2-8H2,1H3;/p+1. The molecule has 0 saturated heterocycles. The van der Waals surface area contributed by atoms with Crippen molar-refractivity contribution in [1.29, 1.82) is 0 Å². The monoisotopic (exact) mass is 229 g/mol. The summed E-state index contributed by atoms with van der Waals surface area (Å²) < 4.78 is 10.2. The van der Waals surface area contributed by atoms with Crippen LogP contribution in [0.5, 0.6) is 0 Å². The largest absolute Gasteiger partial charge is 0.505 e. The van der Waals surface area contributed by atoms with Crippen molar-refractivity contribution < 1.29 is 26.8 Å². The third-order valence-electron chi connectivity index (χ3n) is 1.70. The Morgan fingerprint density at radius 2 is 1.58 bits per heavy atom. The Morgan fingerprint density at radius 3 is 2.08 bits per heavy atom. The Labute approximate surface area is 86.8 Å². The van der Waals surface area contributed by atoms with Crippen molar-refractivity contribution in [1.82, 2.24) is 0 Å². The molecule has 0 spiro atoms. The molecule has 72 valence electrons. The van der Waals surface area contributed by atoms with Crippen LogP contribution in [0.1, 0.15) is 45.4 Å². The molecule has 0 aliphatic rings. The first-order valence-corrected chi connectivity index (χ1v) is 5.80. The molecule has 0 bridgehead atoms. The summed E-state index contributed by atoms with van der Waals surface area (Å²) in [7, 11) is -1.87. The molecule has 0 aromatic heterocycles. The van der Waals surface area contributed by atoms with Crippen LogP contribution in [0.2, 0.25) is 0 Å². The minimum absolute atomic E-state index is 0. The van der Waals surface area contributed by atoms with Gasteiger partial charge in [0, 0.05) is 17.4 Å². The zero-order valence-corrected chi connectivity index (χ0v) is 9.83. The van der Waals surface area contributed by atoms with Crippen LogP contribution in [0.3, 0.4) is 0 Å². The van der Waals surface area contributed by atoms with E-state index in [2.05, 4.69) is 6.92 Å². The molecule has 0 radical (unpaired) electrons. The minimum atomic E-state index is -1.87. The summed E-state index contributed by atoms with van der Waals surface area (Å²) >= 11 is 0. The quantitative estimate of drug-likeness (QED) is 0.538. The van der Waals surface area contributed by atoms with E-state index >= 15 is 0 Å². The summed E-state index contributed by atoms with van der Waals surface area (Å²) in [5.74, 6) is 0. The topological polar surface area (TPSA) is 37.3 Å². The molecular weight excluding hydrogens is 211 g/mol.